The molecule has 6 rings (SSSR count). The average molecular weight is 715 g/mol. The number of hydrogen-bond acceptors (Lipinski definition) is 7. The van der Waals surface area contributed by atoms with Gasteiger partial charge in [-0.05, 0) is 94.5 Å². The first kappa shape index (κ1) is 34.7. The van der Waals surface area contributed by atoms with Gasteiger partial charge in [0.25, 0.3) is 0 Å². The lowest BCUT2D eigenvalue weighted by atomic mass is 9.96. The van der Waals surface area contributed by atoms with Crippen molar-refractivity contribution < 1.29 is 29.8 Å². The molecule has 4 aromatic rings. The summed E-state index contributed by atoms with van der Waals surface area (Å²) < 4.78 is 3.59. The normalized spacial score (nSPS) is 14.7. The van der Waals surface area contributed by atoms with Gasteiger partial charge in [-0.3, -0.25) is 14.4 Å². The second-order valence-corrected chi connectivity index (χ2v) is 14.3. The van der Waals surface area contributed by atoms with E-state index in [2.05, 4.69) is 5.16 Å². The fourth-order valence-electron chi connectivity index (χ4n) is 6.03. The SMILES string of the molecule is Cc1c(Sc2ccc(Cl)cc2)c2c(n1CC(=O)O)CCC/C2=N\O.Cc1c(Sc2ccc(Cl)cc2)c2c(n1CC(=O)O)CCCC2=O. The van der Waals surface area contributed by atoms with Crippen LogP contribution in [0.4, 0.5) is 0 Å². The molecule has 2 aliphatic rings. The highest BCUT2D eigenvalue weighted by atomic mass is 35.5. The van der Waals surface area contributed by atoms with E-state index in [0.717, 1.165) is 73.6 Å². The minimum absolute atomic E-state index is 0.0892. The van der Waals surface area contributed by atoms with E-state index in [1.165, 1.54) is 11.8 Å². The number of carbonyl (C=O) groups excluding carboxylic acids is 1. The molecule has 0 radical (unpaired) electrons. The lowest BCUT2D eigenvalue weighted by Crippen LogP contribution is -2.17. The van der Waals surface area contributed by atoms with Gasteiger partial charge in [0.15, 0.2) is 5.78 Å². The highest BCUT2D eigenvalue weighted by Crippen LogP contribution is 2.41. The number of benzene rings is 2. The van der Waals surface area contributed by atoms with Gasteiger partial charge in [-0.1, -0.05) is 51.9 Å². The largest absolute Gasteiger partial charge is 0.480 e. The minimum atomic E-state index is -0.896. The Balaban J connectivity index is 0.000000185. The van der Waals surface area contributed by atoms with Gasteiger partial charge < -0.3 is 24.6 Å². The molecule has 2 aromatic heterocycles. The average Bonchev–Trinajstić information content (AvgIpc) is 3.45. The first-order chi connectivity index (χ1) is 22.5. The molecule has 0 atom stereocenters. The lowest BCUT2D eigenvalue weighted by Gasteiger charge is -2.16. The van der Waals surface area contributed by atoms with Crippen LogP contribution in [-0.2, 0) is 35.5 Å². The van der Waals surface area contributed by atoms with E-state index in [-0.39, 0.29) is 18.9 Å². The number of aromatic nitrogens is 2. The second-order valence-electron chi connectivity index (χ2n) is 11.2. The molecule has 0 bridgehead atoms. The zero-order valence-corrected chi connectivity index (χ0v) is 28.9. The van der Waals surface area contributed by atoms with Crippen molar-refractivity contribution in [1.82, 2.24) is 9.13 Å². The molecule has 2 aromatic carbocycles. The quantitative estimate of drug-likeness (QED) is 0.122. The Morgan fingerprint density at radius 2 is 1.15 bits per heavy atom. The van der Waals surface area contributed by atoms with E-state index in [1.54, 1.807) is 16.3 Å². The first-order valence-electron chi connectivity index (χ1n) is 15.0. The van der Waals surface area contributed by atoms with Gasteiger partial charge in [0, 0.05) is 64.4 Å². The number of halogens is 2. The highest BCUT2D eigenvalue weighted by molar-refractivity contribution is 7.99. The standard InChI is InChI=1S/C17H17ClN2O3S.C17H16ClNO3S/c1-10-17(24-12-7-5-11(18)6-8-12)16-13(19-23)3-2-4-14(16)20(10)9-15(21)22;1-10-17(23-12-7-5-11(18)6-8-12)16-13(3-2-4-14(16)20)19(10)9-15(21)22/h5-8,23H,2-4,9H2,1H3,(H,21,22);5-8H,2-4,9H2,1H3,(H,21,22)/b19-13+;. The summed E-state index contributed by atoms with van der Waals surface area (Å²) in [6.45, 7) is 3.60. The summed E-state index contributed by atoms with van der Waals surface area (Å²) in [4.78, 5) is 38.6. The second kappa shape index (κ2) is 15.1. The number of rotatable bonds is 8. The number of carboxylic acids is 2. The van der Waals surface area contributed by atoms with Gasteiger partial charge in [-0.15, -0.1) is 0 Å². The molecule has 0 spiro atoms. The Labute approximate surface area is 290 Å². The highest BCUT2D eigenvalue weighted by Gasteiger charge is 2.30. The van der Waals surface area contributed by atoms with Crippen molar-refractivity contribution in [2.75, 3.05) is 0 Å². The number of aliphatic carboxylic acids is 2. The Bertz CT molecular complexity index is 1860. The predicted octanol–water partition coefficient (Wildman–Crippen LogP) is 8.41. The van der Waals surface area contributed by atoms with Crippen LogP contribution in [0.2, 0.25) is 10.0 Å². The summed E-state index contributed by atoms with van der Waals surface area (Å²) in [5.41, 5.74) is 5.72. The van der Waals surface area contributed by atoms with Crippen molar-refractivity contribution in [3.8, 4) is 0 Å². The van der Waals surface area contributed by atoms with E-state index < -0.39 is 11.9 Å². The van der Waals surface area contributed by atoms with Gasteiger partial charge in [0.2, 0.25) is 0 Å². The van der Waals surface area contributed by atoms with E-state index in [9.17, 15) is 24.7 Å². The number of nitrogens with zero attached hydrogens (tertiary/aromatic N) is 3. The minimum Gasteiger partial charge on any atom is -0.480 e. The molecule has 47 heavy (non-hydrogen) atoms. The molecule has 246 valence electrons. The van der Waals surface area contributed by atoms with E-state index >= 15 is 0 Å². The summed E-state index contributed by atoms with van der Waals surface area (Å²) >= 11 is 14.9. The van der Waals surface area contributed by atoms with Crippen LogP contribution < -0.4 is 0 Å². The number of oxime groups is 1. The maximum absolute atomic E-state index is 12.4. The van der Waals surface area contributed by atoms with Crippen LogP contribution in [0.15, 0.2) is 73.3 Å². The number of carbonyl (C=O) groups is 3. The maximum atomic E-state index is 12.4. The molecule has 0 saturated carbocycles. The van der Waals surface area contributed by atoms with Crippen LogP contribution in [0.5, 0.6) is 0 Å². The molecule has 0 unspecified atom stereocenters. The number of Topliss-reactive ketones (excluding diaryl/α,β-unsaturated/α-hetero) is 1. The number of carboxylic acid groups (broad SMARTS) is 2. The van der Waals surface area contributed by atoms with Crippen molar-refractivity contribution in [1.29, 1.82) is 0 Å². The molecule has 0 saturated heterocycles. The molecule has 0 fully saturated rings. The van der Waals surface area contributed by atoms with Gasteiger partial charge >= 0.3 is 11.9 Å². The molecule has 3 N–H and O–H groups in total. The zero-order valence-electron chi connectivity index (χ0n) is 25.8. The van der Waals surface area contributed by atoms with Gasteiger partial charge in [-0.2, -0.15) is 0 Å². The van der Waals surface area contributed by atoms with Crippen molar-refractivity contribution in [3.63, 3.8) is 0 Å². The van der Waals surface area contributed by atoms with Crippen molar-refractivity contribution in [2.24, 2.45) is 5.16 Å². The van der Waals surface area contributed by atoms with Crippen LogP contribution in [0, 0.1) is 13.8 Å². The Morgan fingerprint density at radius 3 is 1.60 bits per heavy atom. The number of fused-ring (bicyclic) bond motifs is 2. The van der Waals surface area contributed by atoms with Crippen molar-refractivity contribution in [3.05, 3.63) is 92.5 Å². The molecule has 2 heterocycles. The van der Waals surface area contributed by atoms with E-state index in [0.29, 0.717) is 34.2 Å². The van der Waals surface area contributed by atoms with Gasteiger partial charge in [-0.25, -0.2) is 0 Å². The lowest BCUT2D eigenvalue weighted by molar-refractivity contribution is -0.138. The molecule has 13 heteroatoms. The fourth-order valence-corrected chi connectivity index (χ4v) is 8.48. The van der Waals surface area contributed by atoms with Crippen molar-refractivity contribution >= 4 is 70.2 Å². The van der Waals surface area contributed by atoms with E-state index in [1.807, 2.05) is 66.9 Å². The van der Waals surface area contributed by atoms with Crippen LogP contribution in [-0.4, -0.2) is 48.0 Å². The molecule has 2 aliphatic carbocycles. The monoisotopic (exact) mass is 713 g/mol. The summed E-state index contributed by atoms with van der Waals surface area (Å²) in [6, 6.07) is 14.9. The predicted molar refractivity (Wildman–Crippen MR) is 183 cm³/mol. The topological polar surface area (TPSA) is 134 Å². The smallest absolute Gasteiger partial charge is 0.323 e. The van der Waals surface area contributed by atoms with Crippen LogP contribution >= 0.6 is 46.7 Å². The Kier molecular flexibility index (Phi) is 11.1. The molecule has 0 amide bonds. The van der Waals surface area contributed by atoms with Crippen molar-refractivity contribution in [2.45, 2.75) is 85.0 Å². The fraction of sp³-hybridized carbons (Fsp3) is 0.294. The Hall–Kier alpha value is -3.64. The summed E-state index contributed by atoms with van der Waals surface area (Å²) in [5.74, 6) is -1.67. The number of hydrogen-bond donors (Lipinski definition) is 3. The maximum Gasteiger partial charge on any atom is 0.323 e. The van der Waals surface area contributed by atoms with Crippen LogP contribution in [0.1, 0.15) is 64.4 Å². The zero-order chi connectivity index (χ0) is 33.8. The first-order valence-corrected chi connectivity index (χ1v) is 17.4. The molecular formula is C34H33Cl2N3O6S2. The molecular weight excluding hydrogens is 681 g/mol. The third-order valence-electron chi connectivity index (χ3n) is 8.14. The molecule has 9 nitrogen and oxygen atoms in total. The summed E-state index contributed by atoms with van der Waals surface area (Å²) in [6.07, 6.45) is 4.37. The van der Waals surface area contributed by atoms with Gasteiger partial charge in [0.1, 0.15) is 13.1 Å². The van der Waals surface area contributed by atoms with Crippen LogP contribution in [0.25, 0.3) is 0 Å². The number of ketones is 1. The summed E-state index contributed by atoms with van der Waals surface area (Å²) in [7, 11) is 0. The third-order valence-corrected chi connectivity index (χ3v) is 11.1. The van der Waals surface area contributed by atoms with E-state index in [4.69, 9.17) is 28.3 Å². The van der Waals surface area contributed by atoms with Crippen LogP contribution in [0.3, 0.4) is 0 Å². The Morgan fingerprint density at radius 1 is 0.723 bits per heavy atom. The third kappa shape index (κ3) is 7.75. The summed E-state index contributed by atoms with van der Waals surface area (Å²) in [5, 5.41) is 32.6. The molecule has 0 aliphatic heterocycles. The van der Waals surface area contributed by atoms with Gasteiger partial charge in [0.05, 0.1) is 11.3 Å².